The van der Waals surface area contributed by atoms with E-state index in [0.29, 0.717) is 0 Å². The number of carbonyl (C=O) groups excluding carboxylic acids is 1. The number of benzene rings is 1. The van der Waals surface area contributed by atoms with E-state index >= 15 is 0 Å². The molecule has 1 N–H and O–H groups in total. The van der Waals surface area contributed by atoms with Crippen LogP contribution in [0.2, 0.25) is 0 Å². The fourth-order valence-corrected chi connectivity index (χ4v) is 2.53. The lowest BCUT2D eigenvalue weighted by Crippen LogP contribution is -2.18. The summed E-state index contributed by atoms with van der Waals surface area (Å²) in [7, 11) is 1.66. The minimum atomic E-state index is 0.141. The third-order valence-corrected chi connectivity index (χ3v) is 3.38. The molecule has 1 aliphatic heterocycles. The predicted molar refractivity (Wildman–Crippen MR) is 67.8 cm³/mol. The Balaban J connectivity index is 2.30. The standard InChI is InChI=1S/C14H19NO2/c1-9-6-12(7-10(2)14(9)17-3)13(16)11-4-5-15-8-11/h6-7,11,15H,4-5,8H2,1-3H3. The number of nitrogens with one attached hydrogen (secondary N) is 1. The summed E-state index contributed by atoms with van der Waals surface area (Å²) in [5, 5.41) is 3.23. The van der Waals surface area contributed by atoms with Crippen molar-refractivity contribution >= 4 is 5.78 Å². The van der Waals surface area contributed by atoms with Crippen molar-refractivity contribution in [3.05, 3.63) is 28.8 Å². The molecular formula is C14H19NO2. The number of ketones is 1. The molecule has 0 aromatic heterocycles. The number of aryl methyl sites for hydroxylation is 2. The molecule has 1 heterocycles. The average Bonchev–Trinajstić information content (AvgIpc) is 2.81. The largest absolute Gasteiger partial charge is 0.496 e. The molecule has 17 heavy (non-hydrogen) atoms. The monoisotopic (exact) mass is 233 g/mol. The fourth-order valence-electron chi connectivity index (χ4n) is 2.53. The van der Waals surface area contributed by atoms with Crippen molar-refractivity contribution in [3.8, 4) is 5.75 Å². The van der Waals surface area contributed by atoms with Gasteiger partial charge in [0.15, 0.2) is 5.78 Å². The van der Waals surface area contributed by atoms with E-state index in [0.717, 1.165) is 42.0 Å². The van der Waals surface area contributed by atoms with E-state index < -0.39 is 0 Å². The van der Waals surface area contributed by atoms with E-state index in [9.17, 15) is 4.79 Å². The predicted octanol–water partition coefficient (Wildman–Crippen LogP) is 2.10. The number of ether oxygens (including phenoxy) is 1. The first-order chi connectivity index (χ1) is 8.13. The highest BCUT2D eigenvalue weighted by Crippen LogP contribution is 2.26. The van der Waals surface area contributed by atoms with Gasteiger partial charge in [-0.25, -0.2) is 0 Å². The fraction of sp³-hybridized carbons (Fsp3) is 0.500. The Hall–Kier alpha value is -1.35. The summed E-state index contributed by atoms with van der Waals surface area (Å²) in [6.45, 7) is 5.72. The summed E-state index contributed by atoms with van der Waals surface area (Å²) in [5.74, 6) is 1.28. The van der Waals surface area contributed by atoms with Crippen LogP contribution in [0.5, 0.6) is 5.75 Å². The Morgan fingerprint density at radius 3 is 2.47 bits per heavy atom. The van der Waals surface area contributed by atoms with Gasteiger partial charge in [-0.05, 0) is 50.1 Å². The second kappa shape index (κ2) is 4.88. The van der Waals surface area contributed by atoms with Crippen LogP contribution in [0.4, 0.5) is 0 Å². The zero-order valence-corrected chi connectivity index (χ0v) is 10.7. The van der Waals surface area contributed by atoms with Crippen LogP contribution >= 0.6 is 0 Å². The Kier molecular flexibility index (Phi) is 3.48. The second-order valence-corrected chi connectivity index (χ2v) is 4.70. The Bertz CT molecular complexity index is 411. The highest BCUT2D eigenvalue weighted by molar-refractivity contribution is 5.98. The summed E-state index contributed by atoms with van der Waals surface area (Å²) in [6, 6.07) is 3.87. The molecule has 1 aromatic carbocycles. The molecule has 0 aliphatic carbocycles. The number of hydrogen-bond donors (Lipinski definition) is 1. The molecule has 1 aliphatic rings. The molecule has 1 aromatic rings. The van der Waals surface area contributed by atoms with Crippen molar-refractivity contribution in [1.82, 2.24) is 5.32 Å². The van der Waals surface area contributed by atoms with Crippen molar-refractivity contribution in [1.29, 1.82) is 0 Å². The Morgan fingerprint density at radius 2 is 2.00 bits per heavy atom. The van der Waals surface area contributed by atoms with Crippen LogP contribution in [-0.4, -0.2) is 26.0 Å². The lowest BCUT2D eigenvalue weighted by Gasteiger charge is -2.13. The molecule has 2 rings (SSSR count). The maximum absolute atomic E-state index is 12.3. The van der Waals surface area contributed by atoms with Crippen LogP contribution in [0.3, 0.4) is 0 Å². The van der Waals surface area contributed by atoms with Gasteiger partial charge in [0.1, 0.15) is 5.75 Å². The molecule has 0 saturated carbocycles. The van der Waals surface area contributed by atoms with E-state index in [-0.39, 0.29) is 11.7 Å². The minimum Gasteiger partial charge on any atom is -0.496 e. The molecular weight excluding hydrogens is 214 g/mol. The van der Waals surface area contributed by atoms with E-state index in [1.165, 1.54) is 0 Å². The lowest BCUT2D eigenvalue weighted by molar-refractivity contribution is 0.0930. The smallest absolute Gasteiger partial charge is 0.167 e. The zero-order valence-electron chi connectivity index (χ0n) is 10.7. The molecule has 0 radical (unpaired) electrons. The zero-order chi connectivity index (χ0) is 12.4. The van der Waals surface area contributed by atoms with E-state index in [4.69, 9.17) is 4.74 Å². The Labute approximate surface area is 102 Å². The molecule has 3 nitrogen and oxygen atoms in total. The topological polar surface area (TPSA) is 38.3 Å². The summed E-state index contributed by atoms with van der Waals surface area (Å²) >= 11 is 0. The van der Waals surface area contributed by atoms with Crippen LogP contribution in [0, 0.1) is 19.8 Å². The first-order valence-electron chi connectivity index (χ1n) is 6.03. The number of hydrogen-bond acceptors (Lipinski definition) is 3. The summed E-state index contributed by atoms with van der Waals surface area (Å²) < 4.78 is 5.31. The summed E-state index contributed by atoms with van der Waals surface area (Å²) in [5.41, 5.74) is 2.87. The third kappa shape index (κ3) is 2.34. The Morgan fingerprint density at radius 1 is 1.35 bits per heavy atom. The molecule has 1 unspecified atom stereocenters. The molecule has 1 saturated heterocycles. The van der Waals surface area contributed by atoms with E-state index in [1.807, 2.05) is 26.0 Å². The molecule has 0 bridgehead atoms. The van der Waals surface area contributed by atoms with E-state index in [1.54, 1.807) is 7.11 Å². The quantitative estimate of drug-likeness (QED) is 0.813. The summed E-state index contributed by atoms with van der Waals surface area (Å²) in [6.07, 6.45) is 0.947. The maximum atomic E-state index is 12.3. The number of carbonyl (C=O) groups is 1. The first-order valence-corrected chi connectivity index (χ1v) is 6.03. The molecule has 1 fully saturated rings. The van der Waals surface area contributed by atoms with Gasteiger partial charge < -0.3 is 10.1 Å². The van der Waals surface area contributed by atoms with Gasteiger partial charge in [-0.2, -0.15) is 0 Å². The van der Waals surface area contributed by atoms with Gasteiger partial charge in [0.25, 0.3) is 0 Å². The normalized spacial score (nSPS) is 19.4. The van der Waals surface area contributed by atoms with E-state index in [2.05, 4.69) is 5.32 Å². The molecule has 0 amide bonds. The molecule has 3 heteroatoms. The van der Waals surface area contributed by atoms with Crippen molar-refractivity contribution in [3.63, 3.8) is 0 Å². The SMILES string of the molecule is COc1c(C)cc(C(=O)C2CCNC2)cc1C. The maximum Gasteiger partial charge on any atom is 0.167 e. The molecule has 92 valence electrons. The molecule has 0 spiro atoms. The van der Waals surface area contributed by atoms with Gasteiger partial charge >= 0.3 is 0 Å². The average molecular weight is 233 g/mol. The van der Waals surface area contributed by atoms with Crippen LogP contribution < -0.4 is 10.1 Å². The second-order valence-electron chi connectivity index (χ2n) is 4.70. The van der Waals surface area contributed by atoms with Gasteiger partial charge in [0.2, 0.25) is 0 Å². The first kappa shape index (κ1) is 12.1. The van der Waals surface area contributed by atoms with Crippen molar-refractivity contribution in [2.75, 3.05) is 20.2 Å². The third-order valence-electron chi connectivity index (χ3n) is 3.38. The van der Waals surface area contributed by atoms with Gasteiger partial charge in [-0.15, -0.1) is 0 Å². The number of rotatable bonds is 3. The number of methoxy groups -OCH3 is 1. The van der Waals surface area contributed by atoms with Gasteiger partial charge in [0, 0.05) is 18.0 Å². The van der Waals surface area contributed by atoms with Crippen molar-refractivity contribution < 1.29 is 9.53 Å². The van der Waals surface area contributed by atoms with Crippen molar-refractivity contribution in [2.24, 2.45) is 5.92 Å². The molecule has 1 atom stereocenters. The minimum absolute atomic E-state index is 0.141. The van der Waals surface area contributed by atoms with Crippen LogP contribution in [0.25, 0.3) is 0 Å². The van der Waals surface area contributed by atoms with Gasteiger partial charge in [-0.1, -0.05) is 0 Å². The van der Waals surface area contributed by atoms with Crippen molar-refractivity contribution in [2.45, 2.75) is 20.3 Å². The van der Waals surface area contributed by atoms with Crippen LogP contribution in [0.15, 0.2) is 12.1 Å². The highest BCUT2D eigenvalue weighted by Gasteiger charge is 2.24. The van der Waals surface area contributed by atoms with Gasteiger partial charge in [-0.3, -0.25) is 4.79 Å². The highest BCUT2D eigenvalue weighted by atomic mass is 16.5. The number of Topliss-reactive ketones (excluding diaryl/α,β-unsaturated/α-hetero) is 1. The lowest BCUT2D eigenvalue weighted by atomic mass is 9.94. The summed E-state index contributed by atoms with van der Waals surface area (Å²) in [4.78, 5) is 12.3. The van der Waals surface area contributed by atoms with Crippen LogP contribution in [0.1, 0.15) is 27.9 Å². The van der Waals surface area contributed by atoms with Gasteiger partial charge in [0.05, 0.1) is 7.11 Å². The van der Waals surface area contributed by atoms with Crippen LogP contribution in [-0.2, 0) is 0 Å².